The molecule has 1 fully saturated rings. The molecule has 2 N–H and O–H groups in total. The van der Waals surface area contributed by atoms with Gasteiger partial charge in [0.05, 0.1) is 13.1 Å². The molecule has 4 nitrogen and oxygen atoms in total. The minimum atomic E-state index is -0.328. The van der Waals surface area contributed by atoms with Gasteiger partial charge in [0, 0.05) is 29.9 Å². The van der Waals surface area contributed by atoms with E-state index in [-0.39, 0.29) is 29.0 Å². The summed E-state index contributed by atoms with van der Waals surface area (Å²) in [6.07, 6.45) is 1.54. The Hall–Kier alpha value is -1.75. The van der Waals surface area contributed by atoms with Gasteiger partial charge in [0.2, 0.25) is 0 Å². The average molecular weight is 321 g/mol. The molecule has 0 atom stereocenters. The summed E-state index contributed by atoms with van der Waals surface area (Å²) in [5, 5.41) is 2.97. The van der Waals surface area contributed by atoms with Gasteiger partial charge in [-0.05, 0) is 45.0 Å². The molecule has 1 aliphatic heterocycles. The summed E-state index contributed by atoms with van der Waals surface area (Å²) in [5.74, 6) is -0.209. The Bertz CT molecular complexity index is 555. The molecule has 0 aliphatic carbocycles. The van der Waals surface area contributed by atoms with Gasteiger partial charge in [-0.25, -0.2) is 4.39 Å². The highest BCUT2D eigenvalue weighted by molar-refractivity contribution is 5.97. The van der Waals surface area contributed by atoms with Crippen molar-refractivity contribution in [1.29, 1.82) is 0 Å². The van der Waals surface area contributed by atoms with Crippen molar-refractivity contribution >= 4 is 11.7 Å². The molecule has 2 rings (SSSR count). The maximum absolute atomic E-state index is 12.9. The van der Waals surface area contributed by atoms with Crippen molar-refractivity contribution in [3.63, 3.8) is 0 Å². The van der Waals surface area contributed by atoms with Gasteiger partial charge in [0.15, 0.2) is 12.3 Å². The van der Waals surface area contributed by atoms with Gasteiger partial charge in [-0.3, -0.25) is 9.59 Å². The van der Waals surface area contributed by atoms with Crippen LogP contribution < -0.4 is 10.2 Å². The molecule has 1 amide bonds. The van der Waals surface area contributed by atoms with E-state index in [0.29, 0.717) is 12.1 Å². The minimum absolute atomic E-state index is 0.0186. The van der Waals surface area contributed by atoms with Crippen molar-refractivity contribution in [1.82, 2.24) is 5.32 Å². The fourth-order valence-corrected chi connectivity index (χ4v) is 3.00. The number of hydrogen-bond donors (Lipinski definition) is 2. The van der Waals surface area contributed by atoms with Crippen molar-refractivity contribution in [2.24, 2.45) is 5.92 Å². The number of carbonyl (C=O) groups is 2. The van der Waals surface area contributed by atoms with E-state index in [1.807, 2.05) is 20.8 Å². The number of amides is 1. The molecule has 1 saturated heterocycles. The van der Waals surface area contributed by atoms with E-state index >= 15 is 0 Å². The summed E-state index contributed by atoms with van der Waals surface area (Å²) in [6.45, 7) is 7.98. The van der Waals surface area contributed by atoms with E-state index in [4.69, 9.17) is 0 Å². The summed E-state index contributed by atoms with van der Waals surface area (Å²) in [6, 6.07) is 5.75. The number of benzene rings is 1. The van der Waals surface area contributed by atoms with Gasteiger partial charge in [-0.2, -0.15) is 0 Å². The van der Waals surface area contributed by atoms with E-state index in [2.05, 4.69) is 5.32 Å². The van der Waals surface area contributed by atoms with Crippen LogP contribution in [-0.2, 0) is 4.79 Å². The third-order valence-electron chi connectivity index (χ3n) is 4.12. The number of likely N-dealkylation sites (tertiary alicyclic amines) is 1. The molecule has 1 heterocycles. The molecule has 23 heavy (non-hydrogen) atoms. The molecule has 5 heteroatoms. The van der Waals surface area contributed by atoms with E-state index < -0.39 is 0 Å². The van der Waals surface area contributed by atoms with Gasteiger partial charge in [-0.15, -0.1) is 0 Å². The highest BCUT2D eigenvalue weighted by Crippen LogP contribution is 2.17. The zero-order valence-electron chi connectivity index (χ0n) is 14.1. The molecular formula is C18H26FN2O2+. The summed E-state index contributed by atoms with van der Waals surface area (Å²) in [7, 11) is 0. The van der Waals surface area contributed by atoms with Crippen LogP contribution in [0, 0.1) is 11.7 Å². The Labute approximate surface area is 137 Å². The predicted molar refractivity (Wildman–Crippen MR) is 86.9 cm³/mol. The smallest absolute Gasteiger partial charge is 0.275 e. The number of halogens is 1. The normalized spacial score (nSPS) is 21.7. The second kappa shape index (κ2) is 7.21. The number of rotatable bonds is 4. The standard InChI is InChI=1S/C18H25FN2O2/c1-18(2,3)20-16(22)12-21-10-8-14(9-11-21)17(23)13-4-6-15(19)7-5-13/h4-7,14H,8-12H2,1-3H3,(H,20,22)/p+1. The third-order valence-corrected chi connectivity index (χ3v) is 4.12. The van der Waals surface area contributed by atoms with E-state index in [9.17, 15) is 14.0 Å². The van der Waals surface area contributed by atoms with Gasteiger partial charge in [0.1, 0.15) is 5.82 Å². The van der Waals surface area contributed by atoms with Crippen molar-refractivity contribution in [2.75, 3.05) is 19.6 Å². The molecule has 0 unspecified atom stereocenters. The van der Waals surface area contributed by atoms with E-state index in [0.717, 1.165) is 25.9 Å². The SMILES string of the molecule is CC(C)(C)NC(=O)C[NH+]1CCC(C(=O)c2ccc(F)cc2)CC1. The van der Waals surface area contributed by atoms with E-state index in [1.165, 1.54) is 17.0 Å². The van der Waals surface area contributed by atoms with Crippen LogP contribution in [0.25, 0.3) is 0 Å². The van der Waals surface area contributed by atoms with E-state index in [1.54, 1.807) is 12.1 Å². The Kier molecular flexibility index (Phi) is 5.52. The fraction of sp³-hybridized carbons (Fsp3) is 0.556. The molecule has 0 radical (unpaired) electrons. The Morgan fingerprint density at radius 3 is 2.26 bits per heavy atom. The third kappa shape index (κ3) is 5.43. The molecule has 1 aliphatic rings. The van der Waals surface area contributed by atoms with Crippen molar-refractivity contribution < 1.29 is 18.9 Å². The molecule has 0 bridgehead atoms. The lowest BCUT2D eigenvalue weighted by Gasteiger charge is -2.29. The van der Waals surface area contributed by atoms with Crippen LogP contribution in [0.4, 0.5) is 4.39 Å². The predicted octanol–water partition coefficient (Wildman–Crippen LogP) is 1.22. The summed E-state index contributed by atoms with van der Waals surface area (Å²) in [5.41, 5.74) is 0.359. The molecule has 126 valence electrons. The molecular weight excluding hydrogens is 295 g/mol. The number of piperidine rings is 1. The Morgan fingerprint density at radius 1 is 1.17 bits per heavy atom. The number of quaternary nitrogens is 1. The highest BCUT2D eigenvalue weighted by Gasteiger charge is 2.29. The topological polar surface area (TPSA) is 50.6 Å². The summed E-state index contributed by atoms with van der Waals surface area (Å²) >= 11 is 0. The molecule has 1 aromatic carbocycles. The van der Waals surface area contributed by atoms with Gasteiger partial charge in [0.25, 0.3) is 5.91 Å². The second-order valence-corrected chi connectivity index (χ2v) is 7.37. The first kappa shape index (κ1) is 17.6. The van der Waals surface area contributed by atoms with Crippen LogP contribution in [0.5, 0.6) is 0 Å². The average Bonchev–Trinajstić information content (AvgIpc) is 2.46. The number of hydrogen-bond acceptors (Lipinski definition) is 2. The van der Waals surface area contributed by atoms with Crippen molar-refractivity contribution in [3.05, 3.63) is 35.6 Å². The van der Waals surface area contributed by atoms with Crippen molar-refractivity contribution in [2.45, 2.75) is 39.2 Å². The molecule has 0 aromatic heterocycles. The Balaban J connectivity index is 1.83. The lowest BCUT2D eigenvalue weighted by atomic mass is 9.89. The van der Waals surface area contributed by atoms with Crippen LogP contribution in [0.1, 0.15) is 44.0 Å². The molecule has 0 saturated carbocycles. The number of Topliss-reactive ketones (excluding diaryl/α,β-unsaturated/α-hetero) is 1. The van der Waals surface area contributed by atoms with Crippen LogP contribution in [0.2, 0.25) is 0 Å². The summed E-state index contributed by atoms with van der Waals surface area (Å²) < 4.78 is 12.9. The largest absolute Gasteiger partial charge is 0.347 e. The first-order valence-corrected chi connectivity index (χ1v) is 8.19. The zero-order valence-corrected chi connectivity index (χ0v) is 14.1. The number of ketones is 1. The second-order valence-electron chi connectivity index (χ2n) is 7.37. The fourth-order valence-electron chi connectivity index (χ4n) is 3.00. The first-order chi connectivity index (χ1) is 10.7. The molecule has 0 spiro atoms. The number of carbonyl (C=O) groups excluding carboxylic acids is 2. The summed E-state index contributed by atoms with van der Waals surface area (Å²) in [4.78, 5) is 25.6. The van der Waals surface area contributed by atoms with Crippen molar-refractivity contribution in [3.8, 4) is 0 Å². The zero-order chi connectivity index (χ0) is 17.0. The Morgan fingerprint density at radius 2 is 1.74 bits per heavy atom. The van der Waals surface area contributed by atoms with Gasteiger partial charge >= 0.3 is 0 Å². The van der Waals surface area contributed by atoms with Crippen LogP contribution >= 0.6 is 0 Å². The highest BCUT2D eigenvalue weighted by atomic mass is 19.1. The minimum Gasteiger partial charge on any atom is -0.347 e. The lowest BCUT2D eigenvalue weighted by Crippen LogP contribution is -3.14. The van der Waals surface area contributed by atoms with Crippen LogP contribution in [-0.4, -0.2) is 36.9 Å². The lowest BCUT2D eigenvalue weighted by molar-refractivity contribution is -0.897. The quantitative estimate of drug-likeness (QED) is 0.819. The molecule has 1 aromatic rings. The van der Waals surface area contributed by atoms with Gasteiger partial charge in [-0.1, -0.05) is 0 Å². The van der Waals surface area contributed by atoms with Gasteiger partial charge < -0.3 is 10.2 Å². The maximum atomic E-state index is 12.9. The first-order valence-electron chi connectivity index (χ1n) is 8.19. The van der Waals surface area contributed by atoms with Crippen LogP contribution in [0.3, 0.4) is 0 Å². The maximum Gasteiger partial charge on any atom is 0.275 e. The monoisotopic (exact) mass is 321 g/mol. The number of nitrogens with one attached hydrogen (secondary N) is 2. The van der Waals surface area contributed by atoms with Crippen LogP contribution in [0.15, 0.2) is 24.3 Å².